The number of hydrogen-bond donors (Lipinski definition) is 1. The molecule has 1 aromatic rings. The van der Waals surface area contributed by atoms with Gasteiger partial charge in [0.2, 0.25) is 0 Å². The van der Waals surface area contributed by atoms with E-state index in [1.165, 1.54) is 0 Å². The standard InChI is InChI=1S/C15H17NO6/c1-2-20-12(17)15(8-9-15)13(18)22-16-14(19)21-10-11-6-4-3-5-7-11/h3-7H,2,8-10H2,1H3,(H,16,19). The number of hydroxylamine groups is 1. The fourth-order valence-electron chi connectivity index (χ4n) is 1.82. The van der Waals surface area contributed by atoms with Crippen LogP contribution in [-0.4, -0.2) is 24.6 Å². The SMILES string of the molecule is CCOC(=O)C1(C(=O)ONC(=O)OCc2ccccc2)CC1. The minimum atomic E-state index is -1.28. The van der Waals surface area contributed by atoms with E-state index in [1.807, 2.05) is 23.7 Å². The second kappa shape index (κ2) is 6.93. The molecule has 2 rings (SSSR count). The summed E-state index contributed by atoms with van der Waals surface area (Å²) < 4.78 is 9.69. The molecule has 1 aliphatic rings. The highest BCUT2D eigenvalue weighted by atomic mass is 16.7. The Morgan fingerprint density at radius 1 is 1.09 bits per heavy atom. The van der Waals surface area contributed by atoms with Gasteiger partial charge in [-0.2, -0.15) is 0 Å². The van der Waals surface area contributed by atoms with Crippen LogP contribution in [0.15, 0.2) is 30.3 Å². The van der Waals surface area contributed by atoms with E-state index in [0.29, 0.717) is 12.8 Å². The van der Waals surface area contributed by atoms with Crippen LogP contribution in [0.4, 0.5) is 4.79 Å². The van der Waals surface area contributed by atoms with Crippen molar-refractivity contribution < 1.29 is 28.7 Å². The van der Waals surface area contributed by atoms with Gasteiger partial charge in [-0.05, 0) is 25.3 Å². The maximum atomic E-state index is 11.8. The minimum absolute atomic E-state index is 0.0489. The van der Waals surface area contributed by atoms with E-state index in [1.54, 1.807) is 19.1 Å². The lowest BCUT2D eigenvalue weighted by Gasteiger charge is -2.12. The van der Waals surface area contributed by atoms with E-state index in [0.717, 1.165) is 5.56 Å². The summed E-state index contributed by atoms with van der Waals surface area (Å²) in [7, 11) is 0. The predicted molar refractivity (Wildman–Crippen MR) is 74.2 cm³/mol. The van der Waals surface area contributed by atoms with Gasteiger partial charge in [0.1, 0.15) is 6.61 Å². The van der Waals surface area contributed by atoms with Crippen molar-refractivity contribution in [3.63, 3.8) is 0 Å². The van der Waals surface area contributed by atoms with Gasteiger partial charge in [0.15, 0.2) is 5.41 Å². The van der Waals surface area contributed by atoms with Crippen LogP contribution in [0.2, 0.25) is 0 Å². The van der Waals surface area contributed by atoms with E-state index < -0.39 is 23.4 Å². The van der Waals surface area contributed by atoms with Crippen LogP contribution >= 0.6 is 0 Å². The molecule has 1 aliphatic carbocycles. The third kappa shape index (κ3) is 3.75. The molecule has 0 heterocycles. The molecular weight excluding hydrogens is 290 g/mol. The molecule has 1 saturated carbocycles. The molecule has 118 valence electrons. The largest absolute Gasteiger partial charge is 0.465 e. The van der Waals surface area contributed by atoms with Gasteiger partial charge in [0, 0.05) is 0 Å². The van der Waals surface area contributed by atoms with Gasteiger partial charge in [-0.3, -0.25) is 4.79 Å². The summed E-state index contributed by atoms with van der Waals surface area (Å²) in [5, 5.41) is 0. The molecule has 7 heteroatoms. The molecule has 0 aliphatic heterocycles. The molecular formula is C15H17NO6. The van der Waals surface area contributed by atoms with Crippen LogP contribution < -0.4 is 5.48 Å². The molecule has 1 aromatic carbocycles. The third-order valence-corrected chi connectivity index (χ3v) is 3.25. The zero-order valence-corrected chi connectivity index (χ0v) is 12.2. The van der Waals surface area contributed by atoms with Crippen LogP contribution in [0.1, 0.15) is 25.3 Å². The highest BCUT2D eigenvalue weighted by Crippen LogP contribution is 2.47. The highest BCUT2D eigenvalue weighted by Gasteiger charge is 2.60. The molecule has 0 aromatic heterocycles. The summed E-state index contributed by atoms with van der Waals surface area (Å²) in [5.41, 5.74) is 1.40. The Balaban J connectivity index is 1.74. The number of carbonyl (C=O) groups excluding carboxylic acids is 3. The Labute approximate surface area is 127 Å². The second-order valence-corrected chi connectivity index (χ2v) is 4.86. The van der Waals surface area contributed by atoms with E-state index >= 15 is 0 Å². The van der Waals surface area contributed by atoms with Gasteiger partial charge >= 0.3 is 18.0 Å². The Hall–Kier alpha value is -2.57. The second-order valence-electron chi connectivity index (χ2n) is 4.86. The lowest BCUT2D eigenvalue weighted by atomic mass is 10.1. The Morgan fingerprint density at radius 3 is 2.36 bits per heavy atom. The highest BCUT2D eigenvalue weighted by molar-refractivity contribution is 6.03. The van der Waals surface area contributed by atoms with Crippen molar-refractivity contribution in [3.8, 4) is 0 Å². The average molecular weight is 307 g/mol. The van der Waals surface area contributed by atoms with Crippen molar-refractivity contribution in [1.82, 2.24) is 5.48 Å². The molecule has 1 N–H and O–H groups in total. The van der Waals surface area contributed by atoms with Crippen LogP contribution in [0.3, 0.4) is 0 Å². The first-order valence-corrected chi connectivity index (χ1v) is 6.93. The lowest BCUT2D eigenvalue weighted by molar-refractivity contribution is -0.168. The number of nitrogens with one attached hydrogen (secondary N) is 1. The zero-order valence-electron chi connectivity index (χ0n) is 12.2. The summed E-state index contributed by atoms with van der Waals surface area (Å²) in [6.45, 7) is 1.88. The van der Waals surface area contributed by atoms with Crippen LogP contribution in [-0.2, 0) is 30.5 Å². The molecule has 0 saturated heterocycles. The van der Waals surface area contributed by atoms with Crippen molar-refractivity contribution in [3.05, 3.63) is 35.9 Å². The Morgan fingerprint density at radius 2 is 1.77 bits per heavy atom. The maximum Gasteiger partial charge on any atom is 0.441 e. The molecule has 0 unspecified atom stereocenters. The number of benzene rings is 1. The number of ether oxygens (including phenoxy) is 2. The van der Waals surface area contributed by atoms with Crippen LogP contribution in [0.5, 0.6) is 0 Å². The van der Waals surface area contributed by atoms with Gasteiger partial charge in [0.05, 0.1) is 6.61 Å². The monoisotopic (exact) mass is 307 g/mol. The third-order valence-electron chi connectivity index (χ3n) is 3.25. The van der Waals surface area contributed by atoms with E-state index in [2.05, 4.69) is 4.84 Å². The molecule has 0 spiro atoms. The van der Waals surface area contributed by atoms with Gasteiger partial charge in [-0.15, -0.1) is 5.48 Å². The molecule has 1 fully saturated rings. The van der Waals surface area contributed by atoms with Crippen LogP contribution in [0.25, 0.3) is 0 Å². The molecule has 0 radical (unpaired) electrons. The van der Waals surface area contributed by atoms with Gasteiger partial charge in [-0.1, -0.05) is 30.3 Å². The molecule has 7 nitrogen and oxygen atoms in total. The summed E-state index contributed by atoms with van der Waals surface area (Å²) >= 11 is 0. The van der Waals surface area contributed by atoms with Crippen molar-refractivity contribution in [2.45, 2.75) is 26.4 Å². The summed E-state index contributed by atoms with van der Waals surface area (Å²) in [6, 6.07) is 9.05. The summed E-state index contributed by atoms with van der Waals surface area (Å²) in [4.78, 5) is 39.5. The van der Waals surface area contributed by atoms with Gasteiger partial charge < -0.3 is 14.3 Å². The van der Waals surface area contributed by atoms with E-state index in [-0.39, 0.29) is 13.2 Å². The predicted octanol–water partition coefficient (Wildman–Crippen LogP) is 1.71. The van der Waals surface area contributed by atoms with Crippen LogP contribution in [0, 0.1) is 5.41 Å². The first kappa shape index (κ1) is 15.8. The first-order chi connectivity index (χ1) is 10.6. The van der Waals surface area contributed by atoms with Gasteiger partial charge in [-0.25, -0.2) is 9.59 Å². The fraction of sp³-hybridized carbons (Fsp3) is 0.400. The molecule has 1 amide bonds. The number of hydrogen-bond acceptors (Lipinski definition) is 6. The smallest absolute Gasteiger partial charge is 0.441 e. The normalized spacial score (nSPS) is 14.6. The maximum absolute atomic E-state index is 11.8. The fourth-order valence-corrected chi connectivity index (χ4v) is 1.82. The van der Waals surface area contributed by atoms with Crippen molar-refractivity contribution >= 4 is 18.0 Å². The topological polar surface area (TPSA) is 90.9 Å². The quantitative estimate of drug-likeness (QED) is 0.385. The Kier molecular flexibility index (Phi) is 4.98. The number of rotatable bonds is 5. The molecule has 0 atom stereocenters. The number of esters is 1. The summed E-state index contributed by atoms with van der Waals surface area (Å²) in [5.74, 6) is -1.46. The van der Waals surface area contributed by atoms with Crippen molar-refractivity contribution in [2.24, 2.45) is 5.41 Å². The Bertz CT molecular complexity index is 552. The number of carbonyl (C=O) groups is 3. The van der Waals surface area contributed by atoms with Crippen molar-refractivity contribution in [2.75, 3.05) is 6.61 Å². The van der Waals surface area contributed by atoms with Crippen molar-refractivity contribution in [1.29, 1.82) is 0 Å². The lowest BCUT2D eigenvalue weighted by Crippen LogP contribution is -2.36. The minimum Gasteiger partial charge on any atom is -0.465 e. The number of amides is 1. The average Bonchev–Trinajstić information content (AvgIpc) is 3.34. The first-order valence-electron chi connectivity index (χ1n) is 6.93. The zero-order chi connectivity index (χ0) is 16.0. The van der Waals surface area contributed by atoms with Gasteiger partial charge in [0.25, 0.3) is 0 Å². The molecule has 22 heavy (non-hydrogen) atoms. The van der Waals surface area contributed by atoms with E-state index in [4.69, 9.17) is 9.47 Å². The molecule has 0 bridgehead atoms. The summed E-state index contributed by atoms with van der Waals surface area (Å²) in [6.07, 6.45) is -0.201. The van der Waals surface area contributed by atoms with E-state index in [9.17, 15) is 14.4 Å².